The van der Waals surface area contributed by atoms with Gasteiger partial charge in [0.2, 0.25) is 5.89 Å². The molecule has 224 valence electrons. The average molecular weight is 594 g/mol. The number of carbonyl (C=O) groups is 1. The van der Waals surface area contributed by atoms with Crippen molar-refractivity contribution >= 4 is 12.0 Å². The van der Waals surface area contributed by atoms with E-state index < -0.39 is 17.9 Å². The molecule has 1 atom stereocenters. The summed E-state index contributed by atoms with van der Waals surface area (Å²) in [6.45, 7) is 2.05. The lowest BCUT2D eigenvalue weighted by molar-refractivity contribution is -0.145. The van der Waals surface area contributed by atoms with E-state index >= 15 is 0 Å². The van der Waals surface area contributed by atoms with Crippen molar-refractivity contribution in [1.82, 2.24) is 4.98 Å². The number of rotatable bonds is 13. The van der Waals surface area contributed by atoms with Gasteiger partial charge >= 0.3 is 5.97 Å². The first-order valence-corrected chi connectivity index (χ1v) is 14.1. The third-order valence-corrected chi connectivity index (χ3v) is 6.97. The molecular weight excluding hydrogens is 561 g/mol. The maximum absolute atomic E-state index is 14.8. The van der Waals surface area contributed by atoms with Crippen LogP contribution < -0.4 is 14.2 Å². The highest BCUT2D eigenvalue weighted by Gasteiger charge is 2.20. The van der Waals surface area contributed by atoms with Gasteiger partial charge in [-0.2, -0.15) is 0 Å². The van der Waals surface area contributed by atoms with Crippen LogP contribution in [0, 0.1) is 12.7 Å². The lowest BCUT2D eigenvalue weighted by atomic mass is 10.1. The fourth-order valence-corrected chi connectivity index (χ4v) is 4.60. The number of halogens is 1. The van der Waals surface area contributed by atoms with Gasteiger partial charge in [0, 0.05) is 22.8 Å². The van der Waals surface area contributed by atoms with Crippen molar-refractivity contribution in [3.05, 3.63) is 126 Å². The molecule has 44 heavy (non-hydrogen) atoms. The van der Waals surface area contributed by atoms with Gasteiger partial charge < -0.3 is 23.7 Å². The topological polar surface area (TPSA) is 91.0 Å². The van der Waals surface area contributed by atoms with Crippen molar-refractivity contribution in [3.63, 3.8) is 0 Å². The molecule has 8 heteroatoms. The first kappa shape index (κ1) is 30.1. The molecule has 0 aliphatic heterocycles. The zero-order chi connectivity index (χ0) is 30.9. The quantitative estimate of drug-likeness (QED) is 0.147. The lowest BCUT2D eigenvalue weighted by Gasteiger charge is -2.15. The van der Waals surface area contributed by atoms with Crippen LogP contribution >= 0.6 is 0 Å². The number of nitrogens with zero attached hydrogens (tertiary/aromatic N) is 1. The summed E-state index contributed by atoms with van der Waals surface area (Å²) in [6, 6.07) is 28.6. The molecule has 0 fully saturated rings. The van der Waals surface area contributed by atoms with Crippen LogP contribution in [0.25, 0.3) is 28.7 Å². The number of hydrogen-bond donors (Lipinski definition) is 1. The fraction of sp³-hybridized carbons (Fsp3) is 0.167. The molecule has 5 aromatic rings. The Balaban J connectivity index is 1.23. The molecule has 0 saturated carbocycles. The molecule has 0 amide bonds. The van der Waals surface area contributed by atoms with Crippen molar-refractivity contribution < 1.29 is 32.9 Å². The third-order valence-electron chi connectivity index (χ3n) is 6.97. The van der Waals surface area contributed by atoms with Crippen LogP contribution in [0.4, 0.5) is 4.39 Å². The highest BCUT2D eigenvalue weighted by Crippen LogP contribution is 2.29. The van der Waals surface area contributed by atoms with Gasteiger partial charge in [0.05, 0.1) is 7.11 Å². The van der Waals surface area contributed by atoms with Crippen molar-refractivity contribution in [2.45, 2.75) is 32.5 Å². The van der Waals surface area contributed by atoms with Gasteiger partial charge in [-0.05, 0) is 67.8 Å². The van der Waals surface area contributed by atoms with Gasteiger partial charge in [0.1, 0.15) is 41.1 Å². The smallest absolute Gasteiger partial charge is 0.344 e. The van der Waals surface area contributed by atoms with Gasteiger partial charge in [0.25, 0.3) is 0 Å². The van der Waals surface area contributed by atoms with Gasteiger partial charge in [-0.15, -0.1) is 0 Å². The molecule has 4 aromatic carbocycles. The summed E-state index contributed by atoms with van der Waals surface area (Å²) in [5, 5.41) is 9.75. The Morgan fingerprint density at radius 2 is 1.66 bits per heavy atom. The number of ether oxygens (including phenoxy) is 3. The number of oxazole rings is 1. The number of aliphatic carboxylic acids is 1. The zero-order valence-corrected chi connectivity index (χ0v) is 24.4. The van der Waals surface area contributed by atoms with Crippen molar-refractivity contribution in [2.24, 2.45) is 0 Å². The van der Waals surface area contributed by atoms with Crippen molar-refractivity contribution in [1.29, 1.82) is 0 Å². The predicted octanol–water partition coefficient (Wildman–Crippen LogP) is 8.37. The molecule has 5 rings (SSSR count). The molecule has 7 nitrogen and oxygen atoms in total. The second-order valence-electron chi connectivity index (χ2n) is 10.0. The molecule has 1 unspecified atom stereocenters. The van der Waals surface area contributed by atoms with Crippen molar-refractivity contribution in [3.8, 4) is 39.8 Å². The Labute approximate surface area is 255 Å². The Morgan fingerprint density at radius 3 is 2.34 bits per heavy atom. The van der Waals surface area contributed by atoms with E-state index in [4.69, 9.17) is 18.6 Å². The molecule has 1 heterocycles. The van der Waals surface area contributed by atoms with Crippen LogP contribution in [0.15, 0.2) is 108 Å². The predicted molar refractivity (Wildman–Crippen MR) is 166 cm³/mol. The molecule has 0 radical (unpaired) electrons. The number of hydrogen-bond acceptors (Lipinski definition) is 6. The highest BCUT2D eigenvalue weighted by molar-refractivity contribution is 5.73. The van der Waals surface area contributed by atoms with Crippen molar-refractivity contribution in [2.75, 3.05) is 7.11 Å². The molecule has 0 bridgehead atoms. The lowest BCUT2D eigenvalue weighted by Crippen LogP contribution is -2.26. The molecule has 0 aliphatic rings. The van der Waals surface area contributed by atoms with Crippen LogP contribution in [-0.4, -0.2) is 29.3 Å². The fourth-order valence-electron chi connectivity index (χ4n) is 4.60. The van der Waals surface area contributed by atoms with Crippen LogP contribution in [0.5, 0.6) is 17.2 Å². The minimum absolute atomic E-state index is 0.153. The number of allylic oxidation sites excluding steroid dienone is 1. The maximum atomic E-state index is 14.8. The van der Waals surface area contributed by atoms with E-state index in [1.165, 1.54) is 6.07 Å². The maximum Gasteiger partial charge on any atom is 0.344 e. The van der Waals surface area contributed by atoms with Gasteiger partial charge in [0.15, 0.2) is 6.10 Å². The van der Waals surface area contributed by atoms with E-state index in [0.29, 0.717) is 40.8 Å². The standard InChI is InChI=1S/C36H32FNO6/c1-24-32(38-35(43-24)26-13-7-4-8-14-26)23-42-33-20-18-28(41-2)21-27(33)15-9-10-16-34(36(39)40)44-29-17-19-30(31(37)22-29)25-11-5-3-6-12-25/h3-9,11-15,17-22,34H,10,16,23H2,1-2H3,(H,39,40)/b15-9+. The molecule has 0 spiro atoms. The first-order chi connectivity index (χ1) is 21.4. The largest absolute Gasteiger partial charge is 0.497 e. The summed E-state index contributed by atoms with van der Waals surface area (Å²) < 4.78 is 37.8. The number of aromatic nitrogens is 1. The number of carboxylic acids is 1. The summed E-state index contributed by atoms with van der Waals surface area (Å²) in [4.78, 5) is 16.5. The van der Waals surface area contributed by atoms with E-state index in [9.17, 15) is 14.3 Å². The van der Waals surface area contributed by atoms with Gasteiger partial charge in [-0.3, -0.25) is 0 Å². The Bertz CT molecular complexity index is 1730. The number of carboxylic acid groups (broad SMARTS) is 1. The summed E-state index contributed by atoms with van der Waals surface area (Å²) in [5.41, 5.74) is 3.46. The average Bonchev–Trinajstić information content (AvgIpc) is 3.42. The van der Waals surface area contributed by atoms with E-state index in [2.05, 4.69) is 4.98 Å². The van der Waals surface area contributed by atoms with E-state index in [-0.39, 0.29) is 18.8 Å². The number of methoxy groups -OCH3 is 1. The second kappa shape index (κ2) is 14.2. The number of aryl methyl sites for hydroxylation is 1. The Kier molecular flexibility index (Phi) is 9.71. The molecule has 0 aliphatic carbocycles. The van der Waals surface area contributed by atoms with Crippen LogP contribution in [0.2, 0.25) is 0 Å². The molecule has 1 aromatic heterocycles. The molecule has 0 saturated heterocycles. The Hall–Kier alpha value is -5.37. The summed E-state index contributed by atoms with van der Waals surface area (Å²) in [7, 11) is 1.58. The summed E-state index contributed by atoms with van der Waals surface area (Å²) in [6.07, 6.45) is 3.09. The third kappa shape index (κ3) is 7.52. The monoisotopic (exact) mass is 593 g/mol. The zero-order valence-electron chi connectivity index (χ0n) is 24.4. The molecular formula is C36H32FNO6. The normalized spacial score (nSPS) is 11.8. The van der Waals surface area contributed by atoms with E-state index in [1.54, 1.807) is 37.4 Å². The van der Waals surface area contributed by atoms with Crippen LogP contribution in [0.1, 0.15) is 29.9 Å². The SMILES string of the molecule is COc1ccc(OCc2nc(-c3ccccc3)oc2C)c(/C=C/CCC(Oc2ccc(-c3ccccc3)c(F)c2)C(=O)O)c1. The van der Waals surface area contributed by atoms with Gasteiger partial charge in [-0.1, -0.05) is 60.7 Å². The first-order valence-electron chi connectivity index (χ1n) is 14.1. The van der Waals surface area contributed by atoms with E-state index in [1.807, 2.05) is 79.7 Å². The minimum Gasteiger partial charge on any atom is -0.497 e. The summed E-state index contributed by atoms with van der Waals surface area (Å²) in [5.74, 6) is 0.986. The highest BCUT2D eigenvalue weighted by atomic mass is 19.1. The molecule has 1 N–H and O–H groups in total. The van der Waals surface area contributed by atoms with Crippen LogP contribution in [-0.2, 0) is 11.4 Å². The Morgan fingerprint density at radius 1 is 0.955 bits per heavy atom. The van der Waals surface area contributed by atoms with E-state index in [0.717, 1.165) is 16.7 Å². The summed E-state index contributed by atoms with van der Waals surface area (Å²) >= 11 is 0. The second-order valence-corrected chi connectivity index (χ2v) is 10.0. The number of benzene rings is 4. The van der Waals surface area contributed by atoms with Crippen LogP contribution in [0.3, 0.4) is 0 Å². The minimum atomic E-state index is -1.16. The van der Waals surface area contributed by atoms with Gasteiger partial charge in [-0.25, -0.2) is 14.2 Å².